The molecule has 0 aromatic carbocycles. The lowest BCUT2D eigenvalue weighted by molar-refractivity contribution is -0.245. The van der Waals surface area contributed by atoms with Gasteiger partial charge < -0.3 is 19.3 Å². The van der Waals surface area contributed by atoms with E-state index in [9.17, 15) is 9.90 Å². The Bertz CT molecular complexity index is 329. The van der Waals surface area contributed by atoms with Gasteiger partial charge in [-0.15, -0.1) is 0 Å². The average Bonchev–Trinajstić information content (AvgIpc) is 2.37. The molecular formula is C16H36F4O5. The van der Waals surface area contributed by atoms with E-state index in [4.69, 9.17) is 14.2 Å². The second kappa shape index (κ2) is 16.5. The second-order valence-electron chi connectivity index (χ2n) is 5.92. The number of halogens is 4. The Labute approximate surface area is 148 Å². The molecule has 0 spiro atoms. The summed E-state index contributed by atoms with van der Waals surface area (Å²) in [6.07, 6.45) is 3.65. The third-order valence-corrected chi connectivity index (χ3v) is 3.71. The van der Waals surface area contributed by atoms with Crippen molar-refractivity contribution in [2.75, 3.05) is 0 Å². The lowest BCUT2D eigenvalue weighted by Crippen LogP contribution is -2.39. The first kappa shape index (κ1) is 31.8. The number of hydrogen-bond acceptors (Lipinski definition) is 5. The van der Waals surface area contributed by atoms with Gasteiger partial charge in [0, 0.05) is 21.2 Å². The molecule has 9 heteroatoms. The van der Waals surface area contributed by atoms with Crippen LogP contribution in [-0.2, 0) is 19.0 Å². The van der Waals surface area contributed by atoms with Crippen LogP contribution >= 0.6 is 0 Å². The summed E-state index contributed by atoms with van der Waals surface area (Å²) < 4.78 is 17.0. The van der Waals surface area contributed by atoms with E-state index in [2.05, 4.69) is 6.92 Å². The first-order chi connectivity index (χ1) is 9.94. The van der Waals surface area contributed by atoms with Gasteiger partial charge in [-0.05, 0) is 26.2 Å². The molecule has 0 saturated carbocycles. The Hall–Kier alpha value is -0.930. The molecule has 158 valence electrons. The Balaban J connectivity index is -0.000000294. The van der Waals surface area contributed by atoms with Gasteiger partial charge in [-0.3, -0.25) is 23.6 Å². The molecule has 1 saturated heterocycles. The highest BCUT2D eigenvalue weighted by molar-refractivity contribution is 5.66. The van der Waals surface area contributed by atoms with Crippen molar-refractivity contribution in [2.24, 2.45) is 0 Å². The number of aliphatic hydroxyl groups is 1. The fourth-order valence-corrected chi connectivity index (χ4v) is 2.70. The lowest BCUT2D eigenvalue weighted by atomic mass is 9.99. The molecule has 5 atom stereocenters. The summed E-state index contributed by atoms with van der Waals surface area (Å²) in [5, 5.41) is 9.80. The summed E-state index contributed by atoms with van der Waals surface area (Å²) in [5.74, 6) is -0.312. The molecule has 5 unspecified atom stereocenters. The molecule has 1 N–H and O–H groups in total. The van der Waals surface area contributed by atoms with Crippen molar-refractivity contribution in [3.05, 3.63) is 0 Å². The fraction of sp³-hybridized carbons (Fsp3) is 0.938. The zero-order valence-corrected chi connectivity index (χ0v) is 15.3. The van der Waals surface area contributed by atoms with Crippen molar-refractivity contribution in [1.82, 2.24) is 0 Å². The Morgan fingerprint density at radius 2 is 1.84 bits per heavy atom. The molecule has 1 heterocycles. The molecule has 0 aromatic rings. The highest BCUT2D eigenvalue weighted by Gasteiger charge is 2.30. The predicted octanol–water partition coefficient (Wildman–Crippen LogP) is 3.65. The van der Waals surface area contributed by atoms with Gasteiger partial charge in [-0.1, -0.05) is 20.3 Å². The average molecular weight is 384 g/mol. The molecule has 0 aromatic heterocycles. The monoisotopic (exact) mass is 384 g/mol. The molecule has 0 bridgehead atoms. The highest BCUT2D eigenvalue weighted by atomic mass is 19.0. The highest BCUT2D eigenvalue weighted by Crippen LogP contribution is 2.26. The van der Waals surface area contributed by atoms with E-state index < -0.39 is 6.10 Å². The Morgan fingerprint density at radius 1 is 1.24 bits per heavy atom. The molecule has 1 fully saturated rings. The number of carbonyl (C=O) groups excluding carboxylic acids is 1. The first-order valence-corrected chi connectivity index (χ1v) is 8.10. The SMILES string of the molecule is CCCC1OC(C)CC(CC(CC(O)CC)OC(C)=O)O1.F.F.F.F.[HH]. The second-order valence-corrected chi connectivity index (χ2v) is 5.92. The van der Waals surface area contributed by atoms with Crippen LogP contribution in [-0.4, -0.2) is 41.8 Å². The van der Waals surface area contributed by atoms with Crippen LogP contribution in [0.5, 0.6) is 0 Å². The van der Waals surface area contributed by atoms with Crippen molar-refractivity contribution in [3.8, 4) is 0 Å². The van der Waals surface area contributed by atoms with E-state index in [1.165, 1.54) is 6.92 Å². The summed E-state index contributed by atoms with van der Waals surface area (Å²) in [6.45, 7) is 7.46. The standard InChI is InChI=1S/C16H30O5.4FH.H2/c1-5-7-16-19-11(3)8-14(21-16)10-15(20-12(4)17)9-13(18)6-2;;;;;/h11,13-16,18H,5-10H2,1-4H3;5*1H. The van der Waals surface area contributed by atoms with E-state index in [0.717, 1.165) is 19.3 Å². The van der Waals surface area contributed by atoms with Crippen LogP contribution < -0.4 is 0 Å². The third kappa shape index (κ3) is 13.0. The van der Waals surface area contributed by atoms with Crippen molar-refractivity contribution in [3.63, 3.8) is 0 Å². The maximum Gasteiger partial charge on any atom is 0.302 e. The molecule has 0 amide bonds. The number of ether oxygens (including phenoxy) is 3. The van der Waals surface area contributed by atoms with Gasteiger partial charge in [0.15, 0.2) is 6.29 Å². The summed E-state index contributed by atoms with van der Waals surface area (Å²) in [4.78, 5) is 11.2. The van der Waals surface area contributed by atoms with Crippen LogP contribution in [0.2, 0.25) is 0 Å². The largest absolute Gasteiger partial charge is 0.462 e. The maximum atomic E-state index is 11.2. The molecule has 1 rings (SSSR count). The Kier molecular flexibility index (Phi) is 21.0. The van der Waals surface area contributed by atoms with Gasteiger partial charge in [0.05, 0.1) is 18.3 Å². The zero-order valence-electron chi connectivity index (χ0n) is 15.3. The molecular weight excluding hydrogens is 348 g/mol. The predicted molar refractivity (Wildman–Crippen MR) is 91.9 cm³/mol. The van der Waals surface area contributed by atoms with E-state index in [-0.39, 0.29) is 50.8 Å². The van der Waals surface area contributed by atoms with Crippen molar-refractivity contribution < 1.29 is 44.4 Å². The first-order valence-electron chi connectivity index (χ1n) is 8.10. The van der Waals surface area contributed by atoms with Crippen molar-refractivity contribution in [1.29, 1.82) is 0 Å². The molecule has 0 aliphatic carbocycles. The van der Waals surface area contributed by atoms with Gasteiger partial charge in [0.1, 0.15) is 6.10 Å². The number of rotatable bonds is 8. The fourth-order valence-electron chi connectivity index (χ4n) is 2.70. The smallest absolute Gasteiger partial charge is 0.302 e. The summed E-state index contributed by atoms with van der Waals surface area (Å²) in [5.41, 5.74) is 0. The number of aliphatic hydroxyl groups excluding tert-OH is 1. The maximum absolute atomic E-state index is 11.2. The Morgan fingerprint density at radius 3 is 2.32 bits per heavy atom. The minimum absolute atomic E-state index is 0. The van der Waals surface area contributed by atoms with Crippen LogP contribution in [0.3, 0.4) is 0 Å². The topological polar surface area (TPSA) is 65.0 Å². The van der Waals surface area contributed by atoms with Gasteiger partial charge in [-0.25, -0.2) is 0 Å². The van der Waals surface area contributed by atoms with Crippen molar-refractivity contribution >= 4 is 5.97 Å². The van der Waals surface area contributed by atoms with Crippen LogP contribution in [0.1, 0.15) is 67.6 Å². The van der Waals surface area contributed by atoms with Crippen molar-refractivity contribution in [2.45, 2.75) is 96.9 Å². The minimum atomic E-state index is -0.446. The van der Waals surface area contributed by atoms with Crippen LogP contribution in [0.25, 0.3) is 0 Å². The summed E-state index contributed by atoms with van der Waals surface area (Å²) in [6, 6.07) is 0. The van der Waals surface area contributed by atoms with E-state index >= 15 is 0 Å². The molecule has 1 aliphatic rings. The lowest BCUT2D eigenvalue weighted by Gasteiger charge is -2.36. The molecule has 1 aliphatic heterocycles. The van der Waals surface area contributed by atoms with Crippen LogP contribution in [0.4, 0.5) is 18.8 Å². The number of esters is 1. The number of hydrogen-bond donors (Lipinski definition) is 1. The van der Waals surface area contributed by atoms with E-state index in [1.54, 1.807) is 0 Å². The molecule has 5 nitrogen and oxygen atoms in total. The quantitative estimate of drug-likeness (QED) is 0.511. The number of carbonyl (C=O) groups is 1. The third-order valence-electron chi connectivity index (χ3n) is 3.71. The van der Waals surface area contributed by atoms with Gasteiger partial charge in [-0.2, -0.15) is 0 Å². The zero-order chi connectivity index (χ0) is 15.8. The van der Waals surface area contributed by atoms with Crippen LogP contribution in [0.15, 0.2) is 0 Å². The van der Waals surface area contributed by atoms with E-state index in [1.807, 2.05) is 13.8 Å². The van der Waals surface area contributed by atoms with E-state index in [0.29, 0.717) is 19.3 Å². The molecule has 0 radical (unpaired) electrons. The van der Waals surface area contributed by atoms with Gasteiger partial charge in [0.25, 0.3) is 0 Å². The van der Waals surface area contributed by atoms with Gasteiger partial charge >= 0.3 is 5.97 Å². The summed E-state index contributed by atoms with van der Waals surface area (Å²) >= 11 is 0. The summed E-state index contributed by atoms with van der Waals surface area (Å²) in [7, 11) is 0. The molecule has 25 heavy (non-hydrogen) atoms. The normalized spacial score (nSPS) is 24.3. The minimum Gasteiger partial charge on any atom is -0.462 e. The van der Waals surface area contributed by atoms with Crippen LogP contribution in [0, 0.1) is 0 Å². The van der Waals surface area contributed by atoms with Gasteiger partial charge in [0.2, 0.25) is 0 Å².